The molecule has 0 aromatic carbocycles. The standard InChI is InChI=1S/C17H29N2O8PS2/c1-16(2,3)13(20)26-28(22,27-14(21)17(4,5)6)12-25-10-8-19-9-11-30(23,24)18-15(19)29-7/h9,11H,8,10,12H2,1-7H3. The number of hydrogen-bond donors (Lipinski definition) is 0. The number of nitrogens with zero attached hydrogens (tertiary/aromatic N) is 2. The van der Waals surface area contributed by atoms with Gasteiger partial charge >= 0.3 is 19.5 Å². The summed E-state index contributed by atoms with van der Waals surface area (Å²) in [6.07, 6.45) is 2.39. The van der Waals surface area contributed by atoms with Crippen molar-refractivity contribution in [1.29, 1.82) is 0 Å². The number of thioether (sulfide) groups is 1. The molecule has 0 N–H and O–H groups in total. The van der Waals surface area contributed by atoms with Crippen LogP contribution in [0.5, 0.6) is 0 Å². The minimum atomic E-state index is -4.23. The average Bonchev–Trinajstić information content (AvgIpc) is 2.57. The van der Waals surface area contributed by atoms with Gasteiger partial charge in [0.25, 0.3) is 10.0 Å². The van der Waals surface area contributed by atoms with Crippen LogP contribution in [0.25, 0.3) is 0 Å². The van der Waals surface area contributed by atoms with E-state index < -0.39 is 46.7 Å². The van der Waals surface area contributed by atoms with Gasteiger partial charge in [0.2, 0.25) is 0 Å². The molecule has 10 nitrogen and oxygen atoms in total. The van der Waals surface area contributed by atoms with Crippen molar-refractivity contribution < 1.29 is 36.4 Å². The van der Waals surface area contributed by atoms with Crippen LogP contribution in [-0.4, -0.2) is 56.2 Å². The molecule has 0 amide bonds. The first-order valence-corrected chi connectivity index (χ1v) is 13.4. The molecule has 0 radical (unpaired) electrons. The molecule has 0 aromatic rings. The van der Waals surface area contributed by atoms with Gasteiger partial charge < -0.3 is 18.7 Å². The van der Waals surface area contributed by atoms with Crippen LogP contribution in [-0.2, 0) is 38.0 Å². The molecule has 1 heterocycles. The number of carbonyl (C=O) groups excluding carboxylic acids is 2. The molecule has 0 aliphatic carbocycles. The quantitative estimate of drug-likeness (QED) is 0.392. The molecule has 0 spiro atoms. The Bertz CT molecular complexity index is 837. The predicted molar refractivity (Wildman–Crippen MR) is 115 cm³/mol. The second kappa shape index (κ2) is 9.84. The highest BCUT2D eigenvalue weighted by molar-refractivity contribution is 8.14. The van der Waals surface area contributed by atoms with Gasteiger partial charge in [0.05, 0.1) is 22.8 Å². The molecular weight excluding hydrogens is 455 g/mol. The van der Waals surface area contributed by atoms with Crippen LogP contribution in [0.3, 0.4) is 0 Å². The van der Waals surface area contributed by atoms with Crippen molar-refractivity contribution in [3.63, 3.8) is 0 Å². The van der Waals surface area contributed by atoms with Gasteiger partial charge in [0.15, 0.2) is 11.5 Å². The number of amidine groups is 1. The third-order valence-electron chi connectivity index (χ3n) is 3.44. The monoisotopic (exact) mass is 484 g/mol. The van der Waals surface area contributed by atoms with Crippen molar-refractivity contribution in [2.75, 3.05) is 25.8 Å². The molecule has 0 unspecified atom stereocenters. The summed E-state index contributed by atoms with van der Waals surface area (Å²) < 4.78 is 55.1. The van der Waals surface area contributed by atoms with E-state index in [2.05, 4.69) is 4.40 Å². The highest BCUT2D eigenvalue weighted by Crippen LogP contribution is 2.51. The lowest BCUT2D eigenvalue weighted by molar-refractivity contribution is -0.148. The van der Waals surface area contributed by atoms with E-state index in [1.807, 2.05) is 0 Å². The van der Waals surface area contributed by atoms with Crippen LogP contribution < -0.4 is 0 Å². The topological polar surface area (TPSA) is 129 Å². The zero-order valence-electron chi connectivity index (χ0n) is 18.2. The van der Waals surface area contributed by atoms with E-state index in [9.17, 15) is 22.6 Å². The maximum Gasteiger partial charge on any atom is 0.460 e. The lowest BCUT2D eigenvalue weighted by Crippen LogP contribution is -2.30. The fourth-order valence-corrected chi connectivity index (χ4v) is 4.90. The maximum atomic E-state index is 13.0. The Morgan fingerprint density at radius 2 is 1.60 bits per heavy atom. The number of carbonyl (C=O) groups is 2. The summed E-state index contributed by atoms with van der Waals surface area (Å²) in [7, 11) is -7.87. The Labute approximate surface area is 182 Å². The SMILES string of the molecule is CSC1=NS(=O)(=O)C=CN1CCOCP(=O)(OC(=O)C(C)(C)C)OC(=O)C(C)(C)C. The molecule has 1 rings (SSSR count). The average molecular weight is 485 g/mol. The van der Waals surface area contributed by atoms with E-state index in [1.165, 1.54) is 6.20 Å². The van der Waals surface area contributed by atoms with Crippen molar-refractivity contribution in [2.24, 2.45) is 15.2 Å². The Morgan fingerprint density at radius 3 is 2.03 bits per heavy atom. The zero-order chi connectivity index (χ0) is 23.4. The molecule has 0 aromatic heterocycles. The van der Waals surface area contributed by atoms with Gasteiger partial charge in [0, 0.05) is 12.7 Å². The number of hydrogen-bond acceptors (Lipinski definition) is 10. The molecule has 0 bridgehead atoms. The van der Waals surface area contributed by atoms with E-state index in [-0.39, 0.29) is 18.3 Å². The highest BCUT2D eigenvalue weighted by atomic mass is 32.2. The molecule has 0 atom stereocenters. The minimum absolute atomic E-state index is 0.0197. The van der Waals surface area contributed by atoms with E-state index >= 15 is 0 Å². The maximum absolute atomic E-state index is 13.0. The van der Waals surface area contributed by atoms with Gasteiger partial charge in [-0.05, 0) is 47.8 Å². The fourth-order valence-electron chi connectivity index (χ4n) is 1.67. The molecule has 30 heavy (non-hydrogen) atoms. The summed E-state index contributed by atoms with van der Waals surface area (Å²) >= 11 is 1.14. The summed E-state index contributed by atoms with van der Waals surface area (Å²) in [6.45, 7) is 9.62. The van der Waals surface area contributed by atoms with Gasteiger partial charge in [-0.15, -0.1) is 4.40 Å². The summed E-state index contributed by atoms with van der Waals surface area (Å²) in [4.78, 5) is 25.9. The van der Waals surface area contributed by atoms with E-state index in [4.69, 9.17) is 13.8 Å². The van der Waals surface area contributed by atoms with Crippen molar-refractivity contribution in [3.8, 4) is 0 Å². The van der Waals surface area contributed by atoms with Crippen molar-refractivity contribution in [2.45, 2.75) is 41.5 Å². The number of rotatable bonds is 7. The van der Waals surface area contributed by atoms with E-state index in [0.717, 1.165) is 17.2 Å². The van der Waals surface area contributed by atoms with Gasteiger partial charge in [0.1, 0.15) is 0 Å². The highest BCUT2D eigenvalue weighted by Gasteiger charge is 2.40. The normalized spacial score (nSPS) is 16.8. The third kappa shape index (κ3) is 8.41. The molecular formula is C17H29N2O8PS2. The molecule has 0 saturated carbocycles. The number of sulfonamides is 1. The summed E-state index contributed by atoms with van der Waals surface area (Å²) in [6, 6.07) is 0. The first-order chi connectivity index (χ1) is 13.5. The van der Waals surface area contributed by atoms with Crippen LogP contribution in [0, 0.1) is 10.8 Å². The zero-order valence-corrected chi connectivity index (χ0v) is 20.7. The Balaban J connectivity index is 2.81. The lowest BCUT2D eigenvalue weighted by Gasteiger charge is -2.26. The summed E-state index contributed by atoms with van der Waals surface area (Å²) in [5, 5.41) is 1.20. The molecule has 0 saturated heterocycles. The first kappa shape index (κ1) is 26.7. The molecule has 1 aliphatic heterocycles. The number of ether oxygens (including phenoxy) is 1. The van der Waals surface area contributed by atoms with Crippen molar-refractivity contribution in [1.82, 2.24) is 4.90 Å². The predicted octanol–water partition coefficient (Wildman–Crippen LogP) is 3.17. The summed E-state index contributed by atoms with van der Waals surface area (Å²) in [5.41, 5.74) is -1.92. The first-order valence-electron chi connectivity index (χ1n) is 8.98. The van der Waals surface area contributed by atoms with Crippen LogP contribution >= 0.6 is 19.4 Å². The largest absolute Gasteiger partial charge is 0.460 e. The molecule has 172 valence electrons. The Morgan fingerprint density at radius 1 is 1.10 bits per heavy atom. The van der Waals surface area contributed by atoms with Gasteiger partial charge in [-0.1, -0.05) is 11.8 Å². The van der Waals surface area contributed by atoms with E-state index in [1.54, 1.807) is 52.7 Å². The van der Waals surface area contributed by atoms with Gasteiger partial charge in [-0.3, -0.25) is 9.59 Å². The van der Waals surface area contributed by atoms with Gasteiger partial charge in [-0.2, -0.15) is 8.42 Å². The van der Waals surface area contributed by atoms with Crippen LogP contribution in [0.2, 0.25) is 0 Å². The second-order valence-electron chi connectivity index (χ2n) is 8.48. The van der Waals surface area contributed by atoms with Crippen LogP contribution in [0.4, 0.5) is 0 Å². The Hall–Kier alpha value is -1.36. The Kier molecular flexibility index (Phi) is 8.75. The molecule has 13 heteroatoms. The van der Waals surface area contributed by atoms with Gasteiger partial charge in [-0.25, -0.2) is 4.57 Å². The second-order valence-corrected chi connectivity index (χ2v) is 12.6. The fraction of sp³-hybridized carbons (Fsp3) is 0.706. The van der Waals surface area contributed by atoms with Crippen LogP contribution in [0.1, 0.15) is 41.5 Å². The summed E-state index contributed by atoms with van der Waals surface area (Å²) in [5.74, 6) is -1.59. The van der Waals surface area contributed by atoms with Crippen LogP contribution in [0.15, 0.2) is 16.0 Å². The smallest absolute Gasteiger partial charge is 0.381 e. The molecule has 1 aliphatic rings. The third-order valence-corrected chi connectivity index (χ3v) is 6.53. The lowest BCUT2D eigenvalue weighted by atomic mass is 9.98. The van der Waals surface area contributed by atoms with Crippen molar-refractivity contribution >= 4 is 46.5 Å². The van der Waals surface area contributed by atoms with Crippen molar-refractivity contribution in [3.05, 3.63) is 11.6 Å². The minimum Gasteiger partial charge on any atom is -0.381 e. The molecule has 0 fully saturated rings. The van der Waals surface area contributed by atoms with E-state index in [0.29, 0.717) is 0 Å².